The van der Waals surface area contributed by atoms with Crippen molar-refractivity contribution in [2.45, 2.75) is 44.1 Å². The summed E-state index contributed by atoms with van der Waals surface area (Å²) in [4.78, 5) is 6.94. The molecule has 0 amide bonds. The van der Waals surface area contributed by atoms with Gasteiger partial charge in [0.15, 0.2) is 0 Å². The third-order valence-electron chi connectivity index (χ3n) is 3.58. The number of aromatic nitrogens is 1. The molecule has 0 aromatic carbocycles. The lowest BCUT2D eigenvalue weighted by Crippen LogP contribution is -2.39. The smallest absolute Gasteiger partial charge is 0.0941 e. The Morgan fingerprint density at radius 1 is 1.35 bits per heavy atom. The Balaban J connectivity index is 2.01. The molecule has 0 aliphatic heterocycles. The number of rotatable bonds is 4. The van der Waals surface area contributed by atoms with Crippen LogP contribution in [0, 0.1) is 0 Å². The molecule has 0 atom stereocenters. The average Bonchev–Trinajstić information content (AvgIpc) is 2.76. The minimum absolute atomic E-state index is 0.134. The molecule has 1 aliphatic carbocycles. The first kappa shape index (κ1) is 13.0. The fourth-order valence-corrected chi connectivity index (χ4v) is 3.31. The van der Waals surface area contributed by atoms with E-state index < -0.39 is 0 Å². The highest BCUT2D eigenvalue weighted by molar-refractivity contribution is 7.09. The zero-order chi connectivity index (χ0) is 12.3. The van der Waals surface area contributed by atoms with Crippen molar-refractivity contribution >= 4 is 11.3 Å². The molecule has 2 rings (SSSR count). The van der Waals surface area contributed by atoms with Crippen LogP contribution in [0.3, 0.4) is 0 Å². The van der Waals surface area contributed by atoms with E-state index in [9.17, 15) is 0 Å². The molecule has 1 fully saturated rings. The van der Waals surface area contributed by atoms with Crippen LogP contribution in [0.15, 0.2) is 5.38 Å². The molecule has 1 aromatic heterocycles. The molecule has 1 heterocycles. The number of nitrogens with zero attached hydrogens (tertiary/aromatic N) is 2. The largest absolute Gasteiger partial charge is 0.320 e. The van der Waals surface area contributed by atoms with E-state index in [0.29, 0.717) is 0 Å². The first-order valence-electron chi connectivity index (χ1n) is 6.49. The molecule has 96 valence electrons. The molecule has 0 saturated heterocycles. The van der Waals surface area contributed by atoms with Crippen molar-refractivity contribution in [3.63, 3.8) is 0 Å². The molecule has 1 saturated carbocycles. The maximum absolute atomic E-state index is 6.48. The molecule has 0 bridgehead atoms. The fourth-order valence-electron chi connectivity index (χ4n) is 2.41. The number of likely N-dealkylation sites (N-methyl/N-ethyl adjacent to an activating group) is 1. The molecule has 17 heavy (non-hydrogen) atoms. The van der Waals surface area contributed by atoms with E-state index in [1.165, 1.54) is 24.3 Å². The highest BCUT2D eigenvalue weighted by atomic mass is 32.1. The lowest BCUT2D eigenvalue weighted by molar-refractivity contribution is 0.295. The lowest BCUT2D eigenvalue weighted by Gasteiger charge is -2.31. The highest BCUT2D eigenvalue weighted by Gasteiger charge is 2.31. The van der Waals surface area contributed by atoms with E-state index in [4.69, 9.17) is 10.7 Å². The van der Waals surface area contributed by atoms with Gasteiger partial charge in [-0.05, 0) is 26.9 Å². The summed E-state index contributed by atoms with van der Waals surface area (Å²) in [5, 5.41) is 3.40. The summed E-state index contributed by atoms with van der Waals surface area (Å²) in [5.41, 5.74) is 7.48. The van der Waals surface area contributed by atoms with Crippen LogP contribution >= 0.6 is 11.3 Å². The Hall–Kier alpha value is -0.450. The highest BCUT2D eigenvalue weighted by Crippen LogP contribution is 2.35. The van der Waals surface area contributed by atoms with Crippen LogP contribution in [0.25, 0.3) is 0 Å². The van der Waals surface area contributed by atoms with E-state index in [2.05, 4.69) is 24.4 Å². The van der Waals surface area contributed by atoms with Crippen molar-refractivity contribution in [1.29, 1.82) is 0 Å². The molecule has 1 aliphatic rings. The van der Waals surface area contributed by atoms with E-state index in [1.807, 2.05) is 0 Å². The topological polar surface area (TPSA) is 42.2 Å². The second-order valence-corrected chi connectivity index (χ2v) is 6.34. The summed E-state index contributed by atoms with van der Waals surface area (Å²) in [6.45, 7) is 1.06. The van der Waals surface area contributed by atoms with Gasteiger partial charge in [0.1, 0.15) is 0 Å². The van der Waals surface area contributed by atoms with E-state index >= 15 is 0 Å². The van der Waals surface area contributed by atoms with E-state index in [0.717, 1.165) is 31.5 Å². The fraction of sp³-hybridized carbons (Fsp3) is 0.769. The first-order valence-corrected chi connectivity index (χ1v) is 7.37. The van der Waals surface area contributed by atoms with Crippen molar-refractivity contribution in [3.05, 3.63) is 16.1 Å². The Morgan fingerprint density at radius 2 is 2.06 bits per heavy atom. The van der Waals surface area contributed by atoms with Crippen molar-refractivity contribution in [2.24, 2.45) is 5.73 Å². The summed E-state index contributed by atoms with van der Waals surface area (Å²) in [5.74, 6) is 0. The minimum atomic E-state index is -0.134. The van der Waals surface area contributed by atoms with Gasteiger partial charge in [-0.15, -0.1) is 11.3 Å². The maximum Gasteiger partial charge on any atom is 0.0941 e. The van der Waals surface area contributed by atoms with Gasteiger partial charge in [-0.3, -0.25) is 0 Å². The van der Waals surface area contributed by atoms with Crippen LogP contribution in [0.4, 0.5) is 0 Å². The quantitative estimate of drug-likeness (QED) is 0.895. The zero-order valence-electron chi connectivity index (χ0n) is 10.9. The normalized spacial score (nSPS) is 19.8. The molecular weight excluding hydrogens is 230 g/mol. The molecule has 0 radical (unpaired) electrons. The standard InChI is InChI=1S/C13H23N3S/c1-16(2)9-6-12-15-11(10-17-12)13(14)7-4-3-5-8-13/h10H,3-9,14H2,1-2H3. The minimum Gasteiger partial charge on any atom is -0.320 e. The summed E-state index contributed by atoms with van der Waals surface area (Å²) >= 11 is 1.77. The Labute approximate surface area is 108 Å². The van der Waals surface area contributed by atoms with Gasteiger partial charge >= 0.3 is 0 Å². The Bertz CT molecular complexity index is 353. The monoisotopic (exact) mass is 253 g/mol. The SMILES string of the molecule is CN(C)CCc1nc(C2(N)CCCCC2)cs1. The first-order chi connectivity index (χ1) is 8.10. The van der Waals surface area contributed by atoms with Gasteiger partial charge < -0.3 is 10.6 Å². The Morgan fingerprint density at radius 3 is 2.71 bits per heavy atom. The van der Waals surface area contributed by atoms with Crippen LogP contribution in [-0.2, 0) is 12.0 Å². The van der Waals surface area contributed by atoms with Crippen LogP contribution in [0.1, 0.15) is 42.8 Å². The van der Waals surface area contributed by atoms with Gasteiger partial charge in [0.25, 0.3) is 0 Å². The van der Waals surface area contributed by atoms with Gasteiger partial charge in [0, 0.05) is 18.3 Å². The van der Waals surface area contributed by atoms with Gasteiger partial charge in [0.05, 0.1) is 16.2 Å². The summed E-state index contributed by atoms with van der Waals surface area (Å²) in [7, 11) is 4.19. The Kier molecular flexibility index (Phi) is 4.17. The maximum atomic E-state index is 6.48. The van der Waals surface area contributed by atoms with Gasteiger partial charge in [0.2, 0.25) is 0 Å². The predicted molar refractivity (Wildman–Crippen MR) is 73.3 cm³/mol. The van der Waals surface area contributed by atoms with Crippen LogP contribution in [-0.4, -0.2) is 30.5 Å². The average molecular weight is 253 g/mol. The van der Waals surface area contributed by atoms with Crippen molar-refractivity contribution in [2.75, 3.05) is 20.6 Å². The number of hydrogen-bond acceptors (Lipinski definition) is 4. The van der Waals surface area contributed by atoms with Crippen LogP contribution < -0.4 is 5.73 Å². The van der Waals surface area contributed by atoms with Crippen molar-refractivity contribution < 1.29 is 0 Å². The van der Waals surface area contributed by atoms with Gasteiger partial charge in [-0.1, -0.05) is 19.3 Å². The van der Waals surface area contributed by atoms with E-state index in [1.54, 1.807) is 11.3 Å². The summed E-state index contributed by atoms with van der Waals surface area (Å²) in [6.07, 6.45) is 7.07. The van der Waals surface area contributed by atoms with Gasteiger partial charge in [-0.2, -0.15) is 0 Å². The molecular formula is C13H23N3S. The predicted octanol–water partition coefficient (Wildman–Crippen LogP) is 2.37. The number of thiazole rings is 1. The molecule has 2 N–H and O–H groups in total. The van der Waals surface area contributed by atoms with Crippen LogP contribution in [0.2, 0.25) is 0 Å². The van der Waals surface area contributed by atoms with E-state index in [-0.39, 0.29) is 5.54 Å². The molecule has 4 heteroatoms. The molecule has 0 unspecified atom stereocenters. The van der Waals surface area contributed by atoms with Crippen molar-refractivity contribution in [1.82, 2.24) is 9.88 Å². The van der Waals surface area contributed by atoms with Gasteiger partial charge in [-0.25, -0.2) is 4.98 Å². The van der Waals surface area contributed by atoms with Crippen molar-refractivity contribution in [3.8, 4) is 0 Å². The molecule has 0 spiro atoms. The second-order valence-electron chi connectivity index (χ2n) is 5.40. The third-order valence-corrected chi connectivity index (χ3v) is 4.49. The molecule has 1 aromatic rings. The third kappa shape index (κ3) is 3.27. The number of nitrogens with two attached hydrogens (primary N) is 1. The zero-order valence-corrected chi connectivity index (χ0v) is 11.7. The second kappa shape index (κ2) is 5.46. The number of hydrogen-bond donors (Lipinski definition) is 1. The molecule has 3 nitrogen and oxygen atoms in total. The summed E-state index contributed by atoms with van der Waals surface area (Å²) in [6, 6.07) is 0. The lowest BCUT2D eigenvalue weighted by atomic mass is 9.81. The summed E-state index contributed by atoms with van der Waals surface area (Å²) < 4.78 is 0. The van der Waals surface area contributed by atoms with Crippen LogP contribution in [0.5, 0.6) is 0 Å².